The molecule has 0 aromatic heterocycles. The van der Waals surface area contributed by atoms with Crippen LogP contribution in [0.1, 0.15) is 13.8 Å². The Morgan fingerprint density at radius 3 is 2.31 bits per heavy atom. The smallest absolute Gasteiger partial charge is 0.116 e. The van der Waals surface area contributed by atoms with Gasteiger partial charge >= 0.3 is 0 Å². The maximum Gasteiger partial charge on any atom is 0.116 e. The molecule has 0 unspecified atom stereocenters. The molecule has 0 aliphatic heterocycles. The molecule has 13 heavy (non-hydrogen) atoms. The third-order valence-electron chi connectivity index (χ3n) is 1.90. The number of nitrogens with zero attached hydrogens (tertiary/aromatic N) is 1. The summed E-state index contributed by atoms with van der Waals surface area (Å²) in [6.45, 7) is 4.06. The van der Waals surface area contributed by atoms with E-state index in [1.807, 2.05) is 44.2 Å². The molecule has 0 saturated heterocycles. The van der Waals surface area contributed by atoms with E-state index in [0.29, 0.717) is 5.92 Å². The summed E-state index contributed by atoms with van der Waals surface area (Å²) in [6, 6.07) is 11.9. The molecule has 0 bridgehead atoms. The van der Waals surface area contributed by atoms with Crippen molar-refractivity contribution in [2.24, 2.45) is 5.92 Å². The Labute approximate surface area is 79.2 Å². The highest BCUT2D eigenvalue weighted by molar-refractivity contribution is 5.44. The van der Waals surface area contributed by atoms with E-state index in [9.17, 15) is 0 Å². The van der Waals surface area contributed by atoms with Crippen molar-refractivity contribution in [3.05, 3.63) is 30.3 Å². The zero-order chi connectivity index (χ0) is 9.68. The second-order valence-corrected chi connectivity index (χ2v) is 3.36. The van der Waals surface area contributed by atoms with Gasteiger partial charge < -0.3 is 5.32 Å². The van der Waals surface area contributed by atoms with Crippen LogP contribution in [-0.4, -0.2) is 6.04 Å². The molecule has 0 fully saturated rings. The van der Waals surface area contributed by atoms with E-state index in [1.54, 1.807) is 0 Å². The second-order valence-electron chi connectivity index (χ2n) is 3.36. The van der Waals surface area contributed by atoms with Crippen molar-refractivity contribution < 1.29 is 0 Å². The summed E-state index contributed by atoms with van der Waals surface area (Å²) in [4.78, 5) is 0. The summed E-state index contributed by atoms with van der Waals surface area (Å²) < 4.78 is 0. The average Bonchev–Trinajstić information content (AvgIpc) is 2.15. The second kappa shape index (κ2) is 4.51. The zero-order valence-electron chi connectivity index (χ0n) is 7.99. The highest BCUT2D eigenvalue weighted by Crippen LogP contribution is 2.11. The lowest BCUT2D eigenvalue weighted by Crippen LogP contribution is -2.23. The number of nitriles is 1. The predicted octanol–water partition coefficient (Wildman–Crippen LogP) is 2.65. The van der Waals surface area contributed by atoms with Gasteiger partial charge in [0.15, 0.2) is 0 Å². The van der Waals surface area contributed by atoms with Crippen molar-refractivity contribution in [1.82, 2.24) is 0 Å². The first kappa shape index (κ1) is 9.60. The molecule has 1 atom stereocenters. The third kappa shape index (κ3) is 2.79. The SMILES string of the molecule is CC(C)[C@@H](C#N)Nc1ccccc1. The highest BCUT2D eigenvalue weighted by Gasteiger charge is 2.10. The molecule has 0 saturated carbocycles. The minimum Gasteiger partial charge on any atom is -0.370 e. The average molecular weight is 174 g/mol. The molecular weight excluding hydrogens is 160 g/mol. The van der Waals surface area contributed by atoms with Crippen LogP contribution in [0.2, 0.25) is 0 Å². The minimum atomic E-state index is -0.109. The van der Waals surface area contributed by atoms with Gasteiger partial charge in [0.1, 0.15) is 6.04 Å². The third-order valence-corrected chi connectivity index (χ3v) is 1.90. The van der Waals surface area contributed by atoms with E-state index < -0.39 is 0 Å². The van der Waals surface area contributed by atoms with Gasteiger partial charge in [-0.25, -0.2) is 0 Å². The summed E-state index contributed by atoms with van der Waals surface area (Å²) in [5, 5.41) is 12.0. The van der Waals surface area contributed by atoms with Gasteiger partial charge in [0.2, 0.25) is 0 Å². The standard InChI is InChI=1S/C11H14N2/c1-9(2)11(8-12)13-10-6-4-3-5-7-10/h3-7,9,11,13H,1-2H3/t11-/m1/s1. The number of rotatable bonds is 3. The van der Waals surface area contributed by atoms with Crippen molar-refractivity contribution in [1.29, 1.82) is 5.26 Å². The minimum absolute atomic E-state index is 0.109. The number of para-hydroxylation sites is 1. The number of benzene rings is 1. The predicted molar refractivity (Wildman–Crippen MR) is 54.3 cm³/mol. The molecule has 1 N–H and O–H groups in total. The van der Waals surface area contributed by atoms with Gasteiger partial charge in [-0.15, -0.1) is 0 Å². The first-order valence-corrected chi connectivity index (χ1v) is 4.45. The Morgan fingerprint density at radius 2 is 1.85 bits per heavy atom. The van der Waals surface area contributed by atoms with E-state index >= 15 is 0 Å². The Kier molecular flexibility index (Phi) is 3.33. The zero-order valence-corrected chi connectivity index (χ0v) is 7.99. The van der Waals surface area contributed by atoms with E-state index in [4.69, 9.17) is 5.26 Å². The molecule has 0 amide bonds. The van der Waals surface area contributed by atoms with Crippen LogP contribution in [0.5, 0.6) is 0 Å². The van der Waals surface area contributed by atoms with Crippen LogP contribution in [0.25, 0.3) is 0 Å². The fraction of sp³-hybridized carbons (Fsp3) is 0.364. The van der Waals surface area contributed by atoms with Crippen molar-refractivity contribution in [3.8, 4) is 6.07 Å². The number of nitrogens with one attached hydrogen (secondary N) is 1. The molecule has 0 aliphatic rings. The molecule has 1 aromatic carbocycles. The first-order valence-electron chi connectivity index (χ1n) is 4.45. The molecule has 0 aliphatic carbocycles. The molecule has 0 heterocycles. The van der Waals surface area contributed by atoms with E-state index in [-0.39, 0.29) is 6.04 Å². The quantitative estimate of drug-likeness (QED) is 0.764. The summed E-state index contributed by atoms with van der Waals surface area (Å²) in [5.41, 5.74) is 1.00. The molecule has 0 radical (unpaired) electrons. The molecule has 1 rings (SSSR count). The van der Waals surface area contributed by atoms with E-state index in [1.165, 1.54) is 0 Å². The van der Waals surface area contributed by atoms with Crippen LogP contribution in [-0.2, 0) is 0 Å². The lowest BCUT2D eigenvalue weighted by Gasteiger charge is -2.15. The van der Waals surface area contributed by atoms with Gasteiger partial charge in [0, 0.05) is 5.69 Å². The fourth-order valence-corrected chi connectivity index (χ4v) is 1.06. The lowest BCUT2D eigenvalue weighted by molar-refractivity contribution is 0.609. The van der Waals surface area contributed by atoms with E-state index in [0.717, 1.165) is 5.69 Å². The topological polar surface area (TPSA) is 35.8 Å². The number of hydrogen-bond donors (Lipinski definition) is 1. The van der Waals surface area contributed by atoms with Gasteiger partial charge in [-0.05, 0) is 18.1 Å². The summed E-state index contributed by atoms with van der Waals surface area (Å²) >= 11 is 0. The molecule has 0 spiro atoms. The van der Waals surface area contributed by atoms with E-state index in [2.05, 4.69) is 11.4 Å². The Morgan fingerprint density at radius 1 is 1.23 bits per heavy atom. The van der Waals surface area contributed by atoms with Crippen molar-refractivity contribution in [2.75, 3.05) is 5.32 Å². The summed E-state index contributed by atoms with van der Waals surface area (Å²) in [7, 11) is 0. The van der Waals surface area contributed by atoms with Crippen LogP contribution in [0.4, 0.5) is 5.69 Å². The highest BCUT2D eigenvalue weighted by atomic mass is 14.9. The van der Waals surface area contributed by atoms with Gasteiger partial charge in [0.25, 0.3) is 0 Å². The summed E-state index contributed by atoms with van der Waals surface area (Å²) in [5.74, 6) is 0.324. The molecule has 2 nitrogen and oxygen atoms in total. The molecular formula is C11H14N2. The van der Waals surface area contributed by atoms with Gasteiger partial charge in [-0.3, -0.25) is 0 Å². The van der Waals surface area contributed by atoms with Crippen molar-refractivity contribution in [2.45, 2.75) is 19.9 Å². The summed E-state index contributed by atoms with van der Waals surface area (Å²) in [6.07, 6.45) is 0. The Balaban J connectivity index is 2.64. The molecule has 68 valence electrons. The Hall–Kier alpha value is -1.49. The van der Waals surface area contributed by atoms with Crippen LogP contribution < -0.4 is 5.32 Å². The van der Waals surface area contributed by atoms with Crippen LogP contribution in [0.3, 0.4) is 0 Å². The fourth-order valence-electron chi connectivity index (χ4n) is 1.06. The van der Waals surface area contributed by atoms with Gasteiger partial charge in [-0.2, -0.15) is 5.26 Å². The van der Waals surface area contributed by atoms with Crippen molar-refractivity contribution >= 4 is 5.69 Å². The van der Waals surface area contributed by atoms with Crippen LogP contribution >= 0.6 is 0 Å². The largest absolute Gasteiger partial charge is 0.370 e. The van der Waals surface area contributed by atoms with Crippen LogP contribution in [0, 0.1) is 17.2 Å². The Bertz CT molecular complexity index is 285. The normalized spacial score (nSPS) is 12.2. The lowest BCUT2D eigenvalue weighted by atomic mass is 10.1. The number of hydrogen-bond acceptors (Lipinski definition) is 2. The monoisotopic (exact) mass is 174 g/mol. The van der Waals surface area contributed by atoms with Crippen LogP contribution in [0.15, 0.2) is 30.3 Å². The molecule has 1 aromatic rings. The van der Waals surface area contributed by atoms with Gasteiger partial charge in [0.05, 0.1) is 6.07 Å². The maximum absolute atomic E-state index is 8.85. The van der Waals surface area contributed by atoms with Gasteiger partial charge in [-0.1, -0.05) is 32.0 Å². The number of anilines is 1. The maximum atomic E-state index is 8.85. The molecule has 2 heteroatoms. The van der Waals surface area contributed by atoms with Crippen molar-refractivity contribution in [3.63, 3.8) is 0 Å². The first-order chi connectivity index (χ1) is 6.24.